The van der Waals surface area contributed by atoms with Crippen molar-refractivity contribution in [2.24, 2.45) is 29.4 Å². The second kappa shape index (κ2) is 11.1. The van der Waals surface area contributed by atoms with Crippen LogP contribution in [0.1, 0.15) is 42.4 Å². The number of nitrogens with zero attached hydrogens (tertiary/aromatic N) is 2. The van der Waals surface area contributed by atoms with E-state index in [1.807, 2.05) is 31.2 Å². The first kappa shape index (κ1) is 30.2. The van der Waals surface area contributed by atoms with Crippen LogP contribution >= 0.6 is 0 Å². The van der Waals surface area contributed by atoms with E-state index in [1.54, 1.807) is 61.5 Å². The Morgan fingerprint density at radius 1 is 0.957 bits per heavy atom. The number of hydrogen-bond acceptors (Lipinski definition) is 8. The fourth-order valence-electron chi connectivity index (χ4n) is 8.35. The Bertz CT molecular complexity index is 1860. The molecule has 11 nitrogen and oxygen atoms in total. The summed E-state index contributed by atoms with van der Waals surface area (Å²) in [6.45, 7) is 3.99. The molecule has 3 aromatic rings. The first-order valence-corrected chi connectivity index (χ1v) is 15.7. The zero-order valence-electron chi connectivity index (χ0n) is 25.9. The van der Waals surface area contributed by atoms with E-state index in [0.717, 1.165) is 10.6 Å². The summed E-state index contributed by atoms with van der Waals surface area (Å²) in [6.07, 6.45) is 2.01. The fraction of sp³-hybridized carbons (Fsp3) is 0.306. The third-order valence-corrected chi connectivity index (χ3v) is 10.3. The minimum absolute atomic E-state index is 0.0482. The number of fused-ring (bicyclic) bond motifs is 4. The Morgan fingerprint density at radius 3 is 2.36 bits per heavy atom. The van der Waals surface area contributed by atoms with Crippen LogP contribution in [0.3, 0.4) is 0 Å². The lowest BCUT2D eigenvalue weighted by atomic mass is 9.49. The monoisotopic (exact) mass is 634 g/mol. The van der Waals surface area contributed by atoms with Crippen molar-refractivity contribution in [3.8, 4) is 11.5 Å². The number of para-hydroxylation sites is 1. The number of phenols is 1. The van der Waals surface area contributed by atoms with Gasteiger partial charge in [-0.05, 0) is 56.4 Å². The molecule has 0 aromatic heterocycles. The van der Waals surface area contributed by atoms with Gasteiger partial charge in [0.1, 0.15) is 0 Å². The molecule has 0 radical (unpaired) electrons. The number of carbonyl (C=O) groups is 5. The van der Waals surface area contributed by atoms with Crippen LogP contribution in [0.4, 0.5) is 10.5 Å². The molecule has 11 heteroatoms. The molecule has 6 amide bonds. The summed E-state index contributed by atoms with van der Waals surface area (Å²) in [4.78, 5) is 69.5. The number of carbonyl (C=O) groups excluding carboxylic acids is 5. The Balaban J connectivity index is 1.48. The minimum Gasteiger partial charge on any atom is -0.504 e. The van der Waals surface area contributed by atoms with Crippen LogP contribution in [0.25, 0.3) is 0 Å². The van der Waals surface area contributed by atoms with Gasteiger partial charge < -0.3 is 15.6 Å². The molecular weight excluding hydrogens is 600 g/mol. The fourth-order valence-corrected chi connectivity index (χ4v) is 8.35. The van der Waals surface area contributed by atoms with Crippen molar-refractivity contribution in [1.82, 2.24) is 9.91 Å². The maximum Gasteiger partial charge on any atom is 0.328 e. The Morgan fingerprint density at radius 2 is 1.68 bits per heavy atom. The normalized spacial score (nSPS) is 28.0. The van der Waals surface area contributed by atoms with Crippen molar-refractivity contribution in [2.75, 3.05) is 12.0 Å². The maximum atomic E-state index is 15.1. The number of amides is 6. The van der Waals surface area contributed by atoms with Crippen molar-refractivity contribution in [1.29, 1.82) is 0 Å². The predicted octanol–water partition coefficient (Wildman–Crippen LogP) is 4.16. The van der Waals surface area contributed by atoms with Crippen molar-refractivity contribution >= 4 is 35.3 Å². The largest absolute Gasteiger partial charge is 0.504 e. The van der Waals surface area contributed by atoms with Crippen LogP contribution in [0.15, 0.2) is 84.4 Å². The van der Waals surface area contributed by atoms with E-state index in [2.05, 4.69) is 5.43 Å². The highest BCUT2D eigenvalue weighted by Gasteiger charge is 2.70. The Kier molecular flexibility index (Phi) is 7.14. The molecule has 3 fully saturated rings. The van der Waals surface area contributed by atoms with E-state index in [1.165, 1.54) is 0 Å². The zero-order valence-corrected chi connectivity index (χ0v) is 25.9. The van der Waals surface area contributed by atoms with E-state index >= 15 is 4.79 Å². The molecule has 4 aliphatic rings. The molecule has 2 aliphatic carbocycles. The number of ether oxygens (including phenoxy) is 1. The summed E-state index contributed by atoms with van der Waals surface area (Å²) in [5.41, 5.74) is 10.0. The molecule has 6 atom stereocenters. The number of benzene rings is 3. The average molecular weight is 635 g/mol. The van der Waals surface area contributed by atoms with Gasteiger partial charge in [0, 0.05) is 11.5 Å². The SMILES string of the molecule is CCOc1cccc(C2C3=CCC4C(=O)N(C(N)=O)C(=O)C4C3CC3C(=O)N(Nc4ccc(C)cc4)C(=O)C32c2ccccc2)c1O. The summed E-state index contributed by atoms with van der Waals surface area (Å²) < 4.78 is 5.75. The van der Waals surface area contributed by atoms with Gasteiger partial charge in [-0.3, -0.25) is 24.6 Å². The third kappa shape index (κ3) is 4.29. The van der Waals surface area contributed by atoms with Gasteiger partial charge in [0.05, 0.1) is 35.5 Å². The number of imide groups is 4. The van der Waals surface area contributed by atoms with Crippen molar-refractivity contribution < 1.29 is 33.8 Å². The van der Waals surface area contributed by atoms with Gasteiger partial charge in [0.15, 0.2) is 11.5 Å². The van der Waals surface area contributed by atoms with Crippen LogP contribution in [-0.2, 0) is 24.6 Å². The van der Waals surface area contributed by atoms with Crippen LogP contribution in [0.5, 0.6) is 11.5 Å². The number of nitrogens with two attached hydrogens (primary N) is 1. The second-order valence-corrected chi connectivity index (χ2v) is 12.6. The molecule has 47 heavy (non-hydrogen) atoms. The Labute approximate surface area is 270 Å². The lowest BCUT2D eigenvalue weighted by molar-refractivity contribution is -0.139. The maximum absolute atomic E-state index is 15.1. The molecule has 1 saturated carbocycles. The number of hydrogen-bond donors (Lipinski definition) is 3. The summed E-state index contributed by atoms with van der Waals surface area (Å²) in [5, 5.41) is 12.8. The first-order valence-electron chi connectivity index (χ1n) is 15.7. The molecule has 2 aliphatic heterocycles. The lowest BCUT2D eigenvalue weighted by Gasteiger charge is -2.50. The number of aromatic hydroxyl groups is 1. The highest BCUT2D eigenvalue weighted by molar-refractivity contribution is 6.17. The number of urea groups is 1. The van der Waals surface area contributed by atoms with Gasteiger partial charge in [-0.25, -0.2) is 4.79 Å². The third-order valence-electron chi connectivity index (χ3n) is 10.3. The zero-order chi connectivity index (χ0) is 33.2. The number of phenolic OH excluding ortho intramolecular Hbond substituents is 1. The quantitative estimate of drug-likeness (QED) is 0.269. The molecular formula is C36H34N4O7. The van der Waals surface area contributed by atoms with Crippen molar-refractivity contribution in [2.45, 2.75) is 38.0 Å². The van der Waals surface area contributed by atoms with Gasteiger partial charge in [0.2, 0.25) is 11.8 Å². The molecule has 240 valence electrons. The van der Waals surface area contributed by atoms with Gasteiger partial charge in [-0.1, -0.05) is 71.8 Å². The first-order chi connectivity index (χ1) is 22.6. The standard InChI is InChI=1S/C36H34N4O7/c1-3-47-27-11-7-10-24(30(27)41)29-22-16-17-23-28(33(44)39(31(23)42)35(37)46)25(22)18-26-32(43)40(38-21-14-12-19(2)13-15-21)34(45)36(26,29)20-8-5-4-6-9-20/h4-16,23,25-26,28-29,38,41H,3,17-18H2,1-2H3,(H2,37,46). The van der Waals surface area contributed by atoms with Crippen LogP contribution in [-0.4, -0.2) is 51.3 Å². The summed E-state index contributed by atoms with van der Waals surface area (Å²) >= 11 is 0. The van der Waals surface area contributed by atoms with E-state index in [-0.39, 0.29) is 30.9 Å². The molecule has 3 aromatic carbocycles. The number of primary amides is 1. The number of nitrogens with one attached hydrogen (secondary N) is 1. The molecule has 2 saturated heterocycles. The molecule has 4 N–H and O–H groups in total. The lowest BCUT2D eigenvalue weighted by Crippen LogP contribution is -2.53. The number of likely N-dealkylation sites (tertiary alicyclic amines) is 1. The van der Waals surface area contributed by atoms with Crippen molar-refractivity contribution in [3.05, 3.63) is 101 Å². The van der Waals surface area contributed by atoms with Gasteiger partial charge in [0.25, 0.3) is 11.8 Å². The summed E-state index contributed by atoms with van der Waals surface area (Å²) in [5.74, 6) is -6.85. The van der Waals surface area contributed by atoms with Gasteiger partial charge in [-0.15, -0.1) is 0 Å². The molecule has 2 heterocycles. The molecule has 0 spiro atoms. The van der Waals surface area contributed by atoms with E-state index in [4.69, 9.17) is 10.5 Å². The number of hydrazine groups is 1. The predicted molar refractivity (Wildman–Crippen MR) is 170 cm³/mol. The molecule has 0 bridgehead atoms. The van der Waals surface area contributed by atoms with E-state index in [0.29, 0.717) is 27.3 Å². The second-order valence-electron chi connectivity index (χ2n) is 12.6. The minimum atomic E-state index is -1.55. The van der Waals surface area contributed by atoms with Crippen LogP contribution in [0.2, 0.25) is 0 Å². The summed E-state index contributed by atoms with van der Waals surface area (Å²) in [7, 11) is 0. The highest BCUT2D eigenvalue weighted by atomic mass is 16.5. The number of rotatable bonds is 6. The smallest absolute Gasteiger partial charge is 0.328 e. The van der Waals surface area contributed by atoms with Crippen LogP contribution < -0.4 is 15.9 Å². The summed E-state index contributed by atoms with van der Waals surface area (Å²) in [6, 6.07) is 20.2. The molecule has 6 unspecified atom stereocenters. The topological polar surface area (TPSA) is 159 Å². The average Bonchev–Trinajstić information content (AvgIpc) is 3.45. The van der Waals surface area contributed by atoms with E-state index < -0.39 is 64.7 Å². The van der Waals surface area contributed by atoms with Crippen molar-refractivity contribution in [3.63, 3.8) is 0 Å². The van der Waals surface area contributed by atoms with E-state index in [9.17, 15) is 24.3 Å². The Hall–Kier alpha value is -5.45. The number of aryl methyl sites for hydroxylation is 1. The van der Waals surface area contributed by atoms with Gasteiger partial charge >= 0.3 is 6.03 Å². The number of allylic oxidation sites excluding steroid dienone is 2. The number of anilines is 1. The molecule has 7 rings (SSSR count). The highest BCUT2D eigenvalue weighted by Crippen LogP contribution is 2.65. The van der Waals surface area contributed by atoms with Crippen LogP contribution in [0, 0.1) is 30.6 Å². The van der Waals surface area contributed by atoms with Gasteiger partial charge in [-0.2, -0.15) is 9.91 Å².